The minimum atomic E-state index is -0.694. The lowest BCUT2D eigenvalue weighted by Crippen LogP contribution is -2.11. The average molecular weight is 263 g/mol. The van der Waals surface area contributed by atoms with Crippen molar-refractivity contribution >= 4 is 0 Å². The Hall–Kier alpha value is -1.75. The lowest BCUT2D eigenvalue weighted by Gasteiger charge is -2.14. The maximum Gasteiger partial charge on any atom is 0.138 e. The van der Waals surface area contributed by atoms with Crippen LogP contribution in [-0.4, -0.2) is 19.9 Å². The zero-order valence-corrected chi connectivity index (χ0v) is 11.2. The third-order valence-electron chi connectivity index (χ3n) is 3.10. The molecular weight excluding hydrogens is 245 g/mol. The third-order valence-corrected chi connectivity index (χ3v) is 3.10. The number of halogens is 1. The van der Waals surface area contributed by atoms with E-state index in [1.54, 1.807) is 17.7 Å². The molecule has 1 N–H and O–H groups in total. The van der Waals surface area contributed by atoms with Gasteiger partial charge in [0.2, 0.25) is 0 Å². The molecule has 0 spiro atoms. The van der Waals surface area contributed by atoms with E-state index in [4.69, 9.17) is 0 Å². The Labute approximate surface area is 111 Å². The smallest absolute Gasteiger partial charge is 0.138 e. The van der Waals surface area contributed by atoms with Crippen LogP contribution < -0.4 is 0 Å². The number of benzene rings is 1. The van der Waals surface area contributed by atoms with Gasteiger partial charge in [-0.3, -0.25) is 4.68 Å². The highest BCUT2D eigenvalue weighted by atomic mass is 19.1. The number of aromatic nitrogens is 3. The number of aryl methyl sites for hydroxylation is 2. The molecule has 4 nitrogen and oxygen atoms in total. The van der Waals surface area contributed by atoms with Gasteiger partial charge in [0.25, 0.3) is 0 Å². The number of rotatable bonds is 5. The molecule has 0 amide bonds. The van der Waals surface area contributed by atoms with Gasteiger partial charge in [0.15, 0.2) is 0 Å². The Morgan fingerprint density at radius 1 is 1.42 bits per heavy atom. The van der Waals surface area contributed by atoms with E-state index in [1.165, 1.54) is 18.5 Å². The molecular formula is C14H18FN3O. The summed E-state index contributed by atoms with van der Waals surface area (Å²) in [6, 6.07) is 4.41. The summed E-state index contributed by atoms with van der Waals surface area (Å²) in [7, 11) is 0. The molecule has 0 fully saturated rings. The fourth-order valence-electron chi connectivity index (χ4n) is 2.14. The van der Waals surface area contributed by atoms with Gasteiger partial charge in [-0.1, -0.05) is 13.0 Å². The van der Waals surface area contributed by atoms with Crippen molar-refractivity contribution < 1.29 is 9.50 Å². The van der Waals surface area contributed by atoms with Gasteiger partial charge in [0.1, 0.15) is 18.0 Å². The van der Waals surface area contributed by atoms with Crippen molar-refractivity contribution in [3.63, 3.8) is 0 Å². The normalized spacial score (nSPS) is 12.6. The maximum atomic E-state index is 13.0. The first-order valence-electron chi connectivity index (χ1n) is 6.42. The Bertz CT molecular complexity index is 553. The van der Waals surface area contributed by atoms with Crippen LogP contribution in [0.5, 0.6) is 0 Å². The van der Waals surface area contributed by atoms with Crippen LogP contribution >= 0.6 is 0 Å². The van der Waals surface area contributed by atoms with Gasteiger partial charge in [0, 0.05) is 13.0 Å². The number of aliphatic hydroxyl groups excluding tert-OH is 1. The first-order valence-corrected chi connectivity index (χ1v) is 6.42. The Morgan fingerprint density at radius 3 is 2.89 bits per heavy atom. The zero-order valence-electron chi connectivity index (χ0n) is 11.2. The SMILES string of the molecule is CCCn1ncnc1CC(O)c1ccc(F)cc1C. The molecule has 0 bridgehead atoms. The Morgan fingerprint density at radius 2 is 2.21 bits per heavy atom. The van der Waals surface area contributed by atoms with Gasteiger partial charge in [-0.15, -0.1) is 0 Å². The van der Waals surface area contributed by atoms with Crippen LogP contribution in [0.4, 0.5) is 4.39 Å². The van der Waals surface area contributed by atoms with Gasteiger partial charge in [-0.05, 0) is 36.6 Å². The number of hydrogen-bond donors (Lipinski definition) is 1. The zero-order chi connectivity index (χ0) is 13.8. The van der Waals surface area contributed by atoms with Crippen molar-refractivity contribution in [1.82, 2.24) is 14.8 Å². The molecule has 0 aliphatic heterocycles. The third kappa shape index (κ3) is 3.17. The second-order valence-electron chi connectivity index (χ2n) is 4.62. The second kappa shape index (κ2) is 5.93. The highest BCUT2D eigenvalue weighted by Gasteiger charge is 2.15. The Kier molecular flexibility index (Phi) is 4.27. The predicted molar refractivity (Wildman–Crippen MR) is 70.1 cm³/mol. The first-order chi connectivity index (χ1) is 9.11. The molecule has 0 saturated carbocycles. The predicted octanol–water partition coefficient (Wildman–Crippen LogP) is 2.41. The molecule has 0 aliphatic carbocycles. The summed E-state index contributed by atoms with van der Waals surface area (Å²) in [4.78, 5) is 4.17. The van der Waals surface area contributed by atoms with Crippen molar-refractivity contribution in [3.8, 4) is 0 Å². The summed E-state index contributed by atoms with van der Waals surface area (Å²) in [5.41, 5.74) is 1.47. The largest absolute Gasteiger partial charge is 0.388 e. The summed E-state index contributed by atoms with van der Waals surface area (Å²) < 4.78 is 14.8. The van der Waals surface area contributed by atoms with Gasteiger partial charge < -0.3 is 5.11 Å². The molecule has 1 aromatic heterocycles. The molecule has 19 heavy (non-hydrogen) atoms. The van der Waals surface area contributed by atoms with Gasteiger partial charge in [-0.2, -0.15) is 5.10 Å². The van der Waals surface area contributed by atoms with E-state index < -0.39 is 6.10 Å². The molecule has 0 radical (unpaired) electrons. The van der Waals surface area contributed by atoms with E-state index in [9.17, 15) is 9.50 Å². The highest BCUT2D eigenvalue weighted by Crippen LogP contribution is 2.21. The summed E-state index contributed by atoms with van der Waals surface area (Å²) in [6.07, 6.45) is 2.14. The van der Waals surface area contributed by atoms with Gasteiger partial charge >= 0.3 is 0 Å². The molecule has 102 valence electrons. The van der Waals surface area contributed by atoms with Crippen molar-refractivity contribution in [2.24, 2.45) is 0 Å². The van der Waals surface area contributed by atoms with E-state index in [0.717, 1.165) is 29.9 Å². The fourth-order valence-corrected chi connectivity index (χ4v) is 2.14. The lowest BCUT2D eigenvalue weighted by molar-refractivity contribution is 0.173. The standard InChI is InChI=1S/C14H18FN3O/c1-3-6-18-14(16-9-17-18)8-13(19)12-5-4-11(15)7-10(12)2/h4-5,7,9,13,19H,3,6,8H2,1-2H3. The van der Waals surface area contributed by atoms with Crippen molar-refractivity contribution in [2.75, 3.05) is 0 Å². The van der Waals surface area contributed by atoms with Crippen LogP contribution in [0.1, 0.15) is 36.4 Å². The molecule has 0 saturated heterocycles. The lowest BCUT2D eigenvalue weighted by atomic mass is 10.0. The maximum absolute atomic E-state index is 13.0. The quantitative estimate of drug-likeness (QED) is 0.901. The molecule has 1 aromatic carbocycles. The summed E-state index contributed by atoms with van der Waals surface area (Å²) in [5, 5.41) is 14.4. The van der Waals surface area contributed by atoms with E-state index in [0.29, 0.717) is 6.42 Å². The minimum Gasteiger partial charge on any atom is -0.388 e. The van der Waals surface area contributed by atoms with E-state index in [-0.39, 0.29) is 5.82 Å². The average Bonchev–Trinajstić information content (AvgIpc) is 2.77. The molecule has 5 heteroatoms. The summed E-state index contributed by atoms with van der Waals surface area (Å²) in [6.45, 7) is 4.63. The van der Waals surface area contributed by atoms with Crippen molar-refractivity contribution in [2.45, 2.75) is 39.3 Å². The van der Waals surface area contributed by atoms with Crippen molar-refractivity contribution in [1.29, 1.82) is 0 Å². The Balaban J connectivity index is 2.16. The van der Waals surface area contributed by atoms with Gasteiger partial charge in [0.05, 0.1) is 6.10 Å². The summed E-state index contributed by atoms with van der Waals surface area (Å²) in [5.74, 6) is 0.459. The molecule has 1 unspecified atom stereocenters. The fraction of sp³-hybridized carbons (Fsp3) is 0.429. The van der Waals surface area contributed by atoms with Crippen LogP contribution in [0, 0.1) is 12.7 Å². The number of nitrogens with zero attached hydrogens (tertiary/aromatic N) is 3. The molecule has 2 aromatic rings. The molecule has 2 rings (SSSR count). The molecule has 1 heterocycles. The van der Waals surface area contributed by atoms with Gasteiger partial charge in [-0.25, -0.2) is 9.37 Å². The highest BCUT2D eigenvalue weighted by molar-refractivity contribution is 5.29. The topological polar surface area (TPSA) is 50.9 Å². The van der Waals surface area contributed by atoms with Crippen LogP contribution in [0.25, 0.3) is 0 Å². The number of hydrogen-bond acceptors (Lipinski definition) is 3. The second-order valence-corrected chi connectivity index (χ2v) is 4.62. The minimum absolute atomic E-state index is 0.289. The number of aliphatic hydroxyl groups is 1. The summed E-state index contributed by atoms with van der Waals surface area (Å²) >= 11 is 0. The van der Waals surface area contributed by atoms with Crippen molar-refractivity contribution in [3.05, 3.63) is 47.3 Å². The van der Waals surface area contributed by atoms with Crippen LogP contribution in [-0.2, 0) is 13.0 Å². The monoisotopic (exact) mass is 263 g/mol. The van der Waals surface area contributed by atoms with Crippen LogP contribution in [0.2, 0.25) is 0 Å². The van der Waals surface area contributed by atoms with E-state index in [1.807, 2.05) is 0 Å². The first kappa shape index (κ1) is 13.7. The molecule has 0 aliphatic rings. The van der Waals surface area contributed by atoms with E-state index in [2.05, 4.69) is 17.0 Å². The van der Waals surface area contributed by atoms with E-state index >= 15 is 0 Å². The molecule has 1 atom stereocenters. The van der Waals surface area contributed by atoms with Crippen LogP contribution in [0.3, 0.4) is 0 Å². The van der Waals surface area contributed by atoms with Crippen LogP contribution in [0.15, 0.2) is 24.5 Å².